The van der Waals surface area contributed by atoms with E-state index in [-0.39, 0.29) is 11.8 Å². The first-order valence-corrected chi connectivity index (χ1v) is 11.3. The fourth-order valence-corrected chi connectivity index (χ4v) is 4.76. The molecular formula is C23H23N5O2S. The lowest BCUT2D eigenvalue weighted by Gasteiger charge is -2.31. The molecule has 4 aromatic rings. The van der Waals surface area contributed by atoms with E-state index >= 15 is 0 Å². The van der Waals surface area contributed by atoms with Gasteiger partial charge in [-0.15, -0.1) is 11.3 Å². The van der Waals surface area contributed by atoms with Gasteiger partial charge in [-0.1, -0.05) is 41.6 Å². The second-order valence-corrected chi connectivity index (χ2v) is 8.77. The first-order valence-electron chi connectivity index (χ1n) is 10.4. The number of hydrogen-bond acceptors (Lipinski definition) is 6. The van der Waals surface area contributed by atoms with Crippen LogP contribution in [0, 0.1) is 6.92 Å². The summed E-state index contributed by atoms with van der Waals surface area (Å²) in [7, 11) is 0. The molecule has 1 atom stereocenters. The van der Waals surface area contributed by atoms with Crippen LogP contribution in [0.2, 0.25) is 0 Å². The Morgan fingerprint density at radius 3 is 2.84 bits per heavy atom. The van der Waals surface area contributed by atoms with Crippen molar-refractivity contribution in [2.45, 2.75) is 32.2 Å². The molecule has 0 N–H and O–H groups in total. The Bertz CT molecular complexity index is 1170. The number of aromatic nitrogens is 4. The van der Waals surface area contributed by atoms with Crippen molar-refractivity contribution in [2.24, 2.45) is 0 Å². The van der Waals surface area contributed by atoms with Crippen LogP contribution in [0.15, 0.2) is 58.6 Å². The number of carbonyl (C=O) groups excluding carboxylic acids is 1. The van der Waals surface area contributed by atoms with Gasteiger partial charge >= 0.3 is 0 Å². The summed E-state index contributed by atoms with van der Waals surface area (Å²) in [5.41, 5.74) is 2.53. The third kappa shape index (κ3) is 4.16. The molecule has 1 unspecified atom stereocenters. The Kier molecular flexibility index (Phi) is 5.38. The van der Waals surface area contributed by atoms with Gasteiger partial charge in [0.2, 0.25) is 5.89 Å². The molecule has 3 aromatic heterocycles. The van der Waals surface area contributed by atoms with Crippen LogP contribution in [0.4, 0.5) is 0 Å². The minimum atomic E-state index is 0.00338. The number of aryl methyl sites for hydroxylation is 1. The summed E-state index contributed by atoms with van der Waals surface area (Å²) in [4.78, 5) is 20.8. The van der Waals surface area contributed by atoms with Gasteiger partial charge < -0.3 is 9.42 Å². The first kappa shape index (κ1) is 19.7. The lowest BCUT2D eigenvalue weighted by molar-refractivity contribution is 0.0696. The van der Waals surface area contributed by atoms with Gasteiger partial charge in [0, 0.05) is 19.3 Å². The monoisotopic (exact) mass is 433 g/mol. The van der Waals surface area contributed by atoms with Gasteiger partial charge in [0.15, 0.2) is 5.82 Å². The number of rotatable bonds is 5. The van der Waals surface area contributed by atoms with Crippen molar-refractivity contribution in [3.05, 3.63) is 76.9 Å². The Balaban J connectivity index is 1.43. The van der Waals surface area contributed by atoms with Crippen molar-refractivity contribution < 1.29 is 9.32 Å². The standard InChI is InChI=1S/C23H23N5O2S/c1-16-24-22(30-26-16)18-9-5-11-27(14-18)23(29)19-15-28(13-17-7-3-2-4-8-17)25-21(19)20-10-6-12-31-20/h2-4,6-8,10,12,15,18H,5,9,11,13-14H2,1H3. The van der Waals surface area contributed by atoms with Gasteiger partial charge in [0.25, 0.3) is 5.91 Å². The summed E-state index contributed by atoms with van der Waals surface area (Å²) in [5, 5.41) is 10.7. The maximum Gasteiger partial charge on any atom is 0.257 e. The quantitative estimate of drug-likeness (QED) is 0.467. The lowest BCUT2D eigenvalue weighted by atomic mass is 9.97. The maximum atomic E-state index is 13.6. The number of likely N-dealkylation sites (tertiary alicyclic amines) is 1. The molecule has 158 valence electrons. The van der Waals surface area contributed by atoms with Crippen molar-refractivity contribution >= 4 is 17.2 Å². The highest BCUT2D eigenvalue weighted by molar-refractivity contribution is 7.13. The second kappa shape index (κ2) is 8.47. The lowest BCUT2D eigenvalue weighted by Crippen LogP contribution is -2.39. The molecule has 0 bridgehead atoms. The SMILES string of the molecule is Cc1noc(C2CCCN(C(=O)c3cn(Cc4ccccc4)nc3-c3cccs3)C2)n1. The third-order valence-corrected chi connectivity index (χ3v) is 6.41. The van der Waals surface area contributed by atoms with Crippen LogP contribution in [-0.4, -0.2) is 43.8 Å². The number of piperidine rings is 1. The van der Waals surface area contributed by atoms with Crippen molar-refractivity contribution in [2.75, 3.05) is 13.1 Å². The highest BCUT2D eigenvalue weighted by Gasteiger charge is 2.31. The largest absolute Gasteiger partial charge is 0.339 e. The van der Waals surface area contributed by atoms with Crippen LogP contribution in [0.3, 0.4) is 0 Å². The average molecular weight is 434 g/mol. The molecule has 0 aliphatic carbocycles. The predicted octanol–water partition coefficient (Wildman–Crippen LogP) is 4.37. The van der Waals surface area contributed by atoms with Crippen LogP contribution in [0.25, 0.3) is 10.6 Å². The normalized spacial score (nSPS) is 16.5. The topological polar surface area (TPSA) is 77.0 Å². The molecular weight excluding hydrogens is 410 g/mol. The molecule has 1 fully saturated rings. The Hall–Kier alpha value is -3.26. The molecule has 4 heterocycles. The van der Waals surface area contributed by atoms with Crippen LogP contribution in [-0.2, 0) is 6.54 Å². The van der Waals surface area contributed by atoms with Crippen molar-refractivity contribution in [1.82, 2.24) is 24.8 Å². The van der Waals surface area contributed by atoms with Gasteiger partial charge in [0.05, 0.1) is 22.9 Å². The van der Waals surface area contributed by atoms with Crippen LogP contribution in [0.5, 0.6) is 0 Å². The molecule has 31 heavy (non-hydrogen) atoms. The zero-order chi connectivity index (χ0) is 21.2. The molecule has 0 saturated carbocycles. The van der Waals surface area contributed by atoms with Crippen molar-refractivity contribution in [3.8, 4) is 10.6 Å². The summed E-state index contributed by atoms with van der Waals surface area (Å²) >= 11 is 1.59. The summed E-state index contributed by atoms with van der Waals surface area (Å²) in [6, 6.07) is 14.1. The van der Waals surface area contributed by atoms with E-state index in [1.807, 2.05) is 58.4 Å². The third-order valence-electron chi connectivity index (χ3n) is 5.54. The Labute approximate surface area is 184 Å². The van der Waals surface area contributed by atoms with Gasteiger partial charge in [-0.2, -0.15) is 10.1 Å². The first-order chi connectivity index (χ1) is 15.2. The van der Waals surface area contributed by atoms with Gasteiger partial charge in [-0.25, -0.2) is 0 Å². The number of carbonyl (C=O) groups is 1. The minimum absolute atomic E-state index is 0.00338. The van der Waals surface area contributed by atoms with E-state index in [0.717, 1.165) is 35.5 Å². The summed E-state index contributed by atoms with van der Waals surface area (Å²) < 4.78 is 7.24. The minimum Gasteiger partial charge on any atom is -0.339 e. The van der Waals surface area contributed by atoms with Crippen LogP contribution in [0.1, 0.15) is 46.4 Å². The zero-order valence-corrected chi connectivity index (χ0v) is 18.1. The maximum absolute atomic E-state index is 13.6. The molecule has 1 aromatic carbocycles. The Morgan fingerprint density at radius 1 is 1.23 bits per heavy atom. The number of nitrogens with zero attached hydrogens (tertiary/aromatic N) is 5. The van der Waals surface area contributed by atoms with Gasteiger partial charge in [-0.3, -0.25) is 9.48 Å². The van der Waals surface area contributed by atoms with Gasteiger partial charge in [-0.05, 0) is 36.8 Å². The number of thiophene rings is 1. The smallest absolute Gasteiger partial charge is 0.257 e. The molecule has 0 spiro atoms. The molecule has 8 heteroatoms. The summed E-state index contributed by atoms with van der Waals surface area (Å²) in [6.45, 7) is 3.73. The van der Waals surface area contributed by atoms with Crippen molar-refractivity contribution in [3.63, 3.8) is 0 Å². The van der Waals surface area contributed by atoms with E-state index in [4.69, 9.17) is 9.62 Å². The van der Waals surface area contributed by atoms with Crippen LogP contribution < -0.4 is 0 Å². The molecule has 5 rings (SSSR count). The number of benzene rings is 1. The van der Waals surface area contributed by atoms with E-state index in [1.165, 1.54) is 0 Å². The molecule has 1 saturated heterocycles. The molecule has 7 nitrogen and oxygen atoms in total. The van der Waals surface area contributed by atoms with Crippen LogP contribution >= 0.6 is 11.3 Å². The second-order valence-electron chi connectivity index (χ2n) is 7.82. The highest BCUT2D eigenvalue weighted by Crippen LogP contribution is 2.31. The van der Waals surface area contributed by atoms with E-state index < -0.39 is 0 Å². The summed E-state index contributed by atoms with van der Waals surface area (Å²) in [5.74, 6) is 1.32. The van der Waals surface area contributed by atoms with E-state index in [0.29, 0.717) is 30.4 Å². The number of hydrogen-bond donors (Lipinski definition) is 0. The van der Waals surface area contributed by atoms with E-state index in [1.54, 1.807) is 11.3 Å². The van der Waals surface area contributed by atoms with Gasteiger partial charge in [0.1, 0.15) is 5.69 Å². The average Bonchev–Trinajstić information content (AvgIpc) is 3.55. The van der Waals surface area contributed by atoms with E-state index in [2.05, 4.69) is 22.3 Å². The number of amides is 1. The summed E-state index contributed by atoms with van der Waals surface area (Å²) in [6.07, 6.45) is 3.73. The van der Waals surface area contributed by atoms with E-state index in [9.17, 15) is 4.79 Å². The predicted molar refractivity (Wildman–Crippen MR) is 118 cm³/mol. The zero-order valence-electron chi connectivity index (χ0n) is 17.3. The molecule has 1 aliphatic rings. The molecule has 1 amide bonds. The molecule has 0 radical (unpaired) electrons. The Morgan fingerprint density at radius 2 is 2.10 bits per heavy atom. The fraction of sp³-hybridized carbons (Fsp3) is 0.304. The fourth-order valence-electron chi connectivity index (χ4n) is 4.04. The highest BCUT2D eigenvalue weighted by atomic mass is 32.1. The molecule has 1 aliphatic heterocycles. The van der Waals surface area contributed by atoms with Crippen molar-refractivity contribution in [1.29, 1.82) is 0 Å².